The van der Waals surface area contributed by atoms with Crippen molar-refractivity contribution >= 4 is 34.7 Å². The lowest BCUT2D eigenvalue weighted by Gasteiger charge is -2.15. The Kier molecular flexibility index (Phi) is 6.66. The highest BCUT2D eigenvalue weighted by Crippen LogP contribution is 2.35. The second-order valence-corrected chi connectivity index (χ2v) is 7.38. The third-order valence-corrected chi connectivity index (χ3v) is 4.15. The molecule has 0 unspecified atom stereocenters. The number of hydrogen-bond acceptors (Lipinski definition) is 5. The molecule has 9 heteroatoms. The first-order valence-corrected chi connectivity index (χ1v) is 9.55. The topological polar surface area (TPSA) is 59.1 Å². The van der Waals surface area contributed by atoms with Gasteiger partial charge in [-0.15, -0.1) is 0 Å². The van der Waals surface area contributed by atoms with E-state index in [-0.39, 0.29) is 11.8 Å². The minimum Gasteiger partial charge on any atom is -0.493 e. The Bertz CT molecular complexity index is 977. The van der Waals surface area contributed by atoms with Crippen LogP contribution in [0.2, 0.25) is 5.02 Å². The van der Waals surface area contributed by atoms with Crippen LogP contribution in [0.25, 0.3) is 0 Å². The van der Waals surface area contributed by atoms with Crippen LogP contribution in [0.4, 0.5) is 36.3 Å². The third kappa shape index (κ3) is 6.00. The molecule has 3 rings (SSSR count). The van der Waals surface area contributed by atoms with Crippen LogP contribution in [0, 0.1) is 5.92 Å². The maximum atomic E-state index is 13.4. The fraction of sp³-hybridized carbons (Fsp3) is 0.238. The van der Waals surface area contributed by atoms with Gasteiger partial charge in [-0.25, -0.2) is 4.98 Å². The minimum atomic E-state index is -4.61. The standard InChI is InChI=1S/C21H20ClF3N4O/c1-13(2)12-30-17-9-7-16(8-10-17)28-20-26-11-18(21(23,24)25)19(29-20)27-15-5-3-14(22)4-6-15/h3-11,13H,12H2,1-2H3,(H2,26,27,28,29). The second kappa shape index (κ2) is 9.21. The van der Waals surface area contributed by atoms with E-state index in [1.54, 1.807) is 48.5 Å². The van der Waals surface area contributed by atoms with Gasteiger partial charge in [0, 0.05) is 22.6 Å². The Labute approximate surface area is 177 Å². The summed E-state index contributed by atoms with van der Waals surface area (Å²) in [6.07, 6.45) is -3.86. The Morgan fingerprint density at radius 2 is 1.57 bits per heavy atom. The lowest BCUT2D eigenvalue weighted by Crippen LogP contribution is -2.12. The molecule has 2 N–H and O–H groups in total. The van der Waals surface area contributed by atoms with Gasteiger partial charge in [0.25, 0.3) is 0 Å². The van der Waals surface area contributed by atoms with Crippen molar-refractivity contribution in [3.8, 4) is 5.75 Å². The van der Waals surface area contributed by atoms with Gasteiger partial charge in [-0.05, 0) is 54.4 Å². The molecule has 0 spiro atoms. The molecule has 1 heterocycles. The van der Waals surface area contributed by atoms with Crippen LogP contribution >= 0.6 is 11.6 Å². The maximum absolute atomic E-state index is 13.4. The fourth-order valence-corrected chi connectivity index (χ4v) is 2.57. The van der Waals surface area contributed by atoms with Crippen molar-refractivity contribution in [1.82, 2.24) is 9.97 Å². The molecule has 1 aromatic heterocycles. The summed E-state index contributed by atoms with van der Waals surface area (Å²) in [6.45, 7) is 4.69. The van der Waals surface area contributed by atoms with E-state index in [1.165, 1.54) is 0 Å². The summed E-state index contributed by atoms with van der Waals surface area (Å²) in [5.74, 6) is 0.761. The summed E-state index contributed by atoms with van der Waals surface area (Å²) in [5, 5.41) is 6.06. The molecule has 0 atom stereocenters. The van der Waals surface area contributed by atoms with Crippen LogP contribution in [0.15, 0.2) is 54.7 Å². The molecule has 0 fully saturated rings. The highest BCUT2D eigenvalue weighted by atomic mass is 35.5. The Morgan fingerprint density at radius 1 is 0.967 bits per heavy atom. The van der Waals surface area contributed by atoms with Gasteiger partial charge in [-0.2, -0.15) is 18.2 Å². The number of halogens is 4. The molecule has 0 saturated heterocycles. The normalized spacial score (nSPS) is 11.4. The number of rotatable bonds is 7. The molecule has 5 nitrogen and oxygen atoms in total. The van der Waals surface area contributed by atoms with E-state index in [2.05, 4.69) is 20.6 Å². The summed E-state index contributed by atoms with van der Waals surface area (Å²) in [5.41, 5.74) is 0.0609. The minimum absolute atomic E-state index is 0.0234. The molecule has 0 amide bonds. The van der Waals surface area contributed by atoms with Crippen molar-refractivity contribution in [3.63, 3.8) is 0 Å². The number of aromatic nitrogens is 2. The smallest absolute Gasteiger partial charge is 0.421 e. The molecular formula is C21H20ClF3N4O. The van der Waals surface area contributed by atoms with Gasteiger partial charge in [0.05, 0.1) is 6.61 Å². The molecule has 158 valence electrons. The summed E-state index contributed by atoms with van der Waals surface area (Å²) >= 11 is 5.83. The van der Waals surface area contributed by atoms with Gasteiger partial charge >= 0.3 is 6.18 Å². The summed E-state index contributed by atoms with van der Waals surface area (Å²) in [6, 6.07) is 13.3. The molecule has 3 aromatic rings. The van der Waals surface area contributed by atoms with E-state index < -0.39 is 11.7 Å². The van der Waals surface area contributed by atoms with Crippen LogP contribution in [-0.2, 0) is 6.18 Å². The molecular weight excluding hydrogens is 417 g/mol. The van der Waals surface area contributed by atoms with E-state index in [0.29, 0.717) is 34.7 Å². The third-order valence-electron chi connectivity index (χ3n) is 3.89. The first-order chi connectivity index (χ1) is 14.2. The van der Waals surface area contributed by atoms with E-state index in [9.17, 15) is 13.2 Å². The largest absolute Gasteiger partial charge is 0.493 e. The van der Waals surface area contributed by atoms with Crippen LogP contribution in [0.3, 0.4) is 0 Å². The molecule has 2 aromatic carbocycles. The van der Waals surface area contributed by atoms with Crippen molar-refractivity contribution in [3.05, 3.63) is 65.3 Å². The lowest BCUT2D eigenvalue weighted by molar-refractivity contribution is -0.137. The number of anilines is 4. The number of alkyl halides is 3. The number of benzene rings is 2. The highest BCUT2D eigenvalue weighted by molar-refractivity contribution is 6.30. The molecule has 0 bridgehead atoms. The average Bonchev–Trinajstić information content (AvgIpc) is 2.68. The maximum Gasteiger partial charge on any atom is 0.421 e. The van der Waals surface area contributed by atoms with Crippen molar-refractivity contribution in [2.45, 2.75) is 20.0 Å². The van der Waals surface area contributed by atoms with E-state index in [1.807, 2.05) is 13.8 Å². The van der Waals surface area contributed by atoms with Crippen LogP contribution in [0.5, 0.6) is 5.75 Å². The predicted octanol–water partition coefficient (Wildman–Crippen LogP) is 6.67. The molecule has 0 aliphatic rings. The zero-order chi connectivity index (χ0) is 21.7. The summed E-state index contributed by atoms with van der Waals surface area (Å²) in [4.78, 5) is 7.82. The fourth-order valence-electron chi connectivity index (χ4n) is 2.44. The Morgan fingerprint density at radius 3 is 2.17 bits per heavy atom. The first-order valence-electron chi connectivity index (χ1n) is 9.17. The van der Waals surface area contributed by atoms with Gasteiger partial charge in [-0.1, -0.05) is 25.4 Å². The van der Waals surface area contributed by atoms with Crippen LogP contribution in [-0.4, -0.2) is 16.6 Å². The quantitative estimate of drug-likeness (QED) is 0.433. The van der Waals surface area contributed by atoms with Crippen LogP contribution < -0.4 is 15.4 Å². The molecule has 0 radical (unpaired) electrons. The van der Waals surface area contributed by atoms with Gasteiger partial charge in [0.15, 0.2) is 0 Å². The Hall–Kier alpha value is -3.00. The molecule has 30 heavy (non-hydrogen) atoms. The zero-order valence-corrected chi connectivity index (χ0v) is 17.1. The van der Waals surface area contributed by atoms with E-state index in [4.69, 9.17) is 16.3 Å². The second-order valence-electron chi connectivity index (χ2n) is 6.94. The average molecular weight is 437 g/mol. The number of hydrogen-bond donors (Lipinski definition) is 2. The predicted molar refractivity (Wildman–Crippen MR) is 112 cm³/mol. The Balaban J connectivity index is 1.81. The lowest BCUT2D eigenvalue weighted by atomic mass is 10.2. The first kappa shape index (κ1) is 21.7. The van der Waals surface area contributed by atoms with Gasteiger partial charge < -0.3 is 15.4 Å². The van der Waals surface area contributed by atoms with Crippen molar-refractivity contribution in [2.24, 2.45) is 5.92 Å². The molecule has 0 saturated carbocycles. The molecule has 0 aliphatic heterocycles. The molecule has 0 aliphatic carbocycles. The summed E-state index contributed by atoms with van der Waals surface area (Å²) < 4.78 is 45.7. The summed E-state index contributed by atoms with van der Waals surface area (Å²) in [7, 11) is 0. The SMILES string of the molecule is CC(C)COc1ccc(Nc2ncc(C(F)(F)F)c(Nc3ccc(Cl)cc3)n2)cc1. The monoisotopic (exact) mass is 436 g/mol. The van der Waals surface area contributed by atoms with Crippen molar-refractivity contribution in [1.29, 1.82) is 0 Å². The van der Waals surface area contributed by atoms with E-state index in [0.717, 1.165) is 6.20 Å². The van der Waals surface area contributed by atoms with Crippen LogP contribution in [0.1, 0.15) is 19.4 Å². The number of nitrogens with zero attached hydrogens (tertiary/aromatic N) is 2. The van der Waals surface area contributed by atoms with Gasteiger partial charge in [0.2, 0.25) is 5.95 Å². The van der Waals surface area contributed by atoms with Gasteiger partial charge in [0.1, 0.15) is 17.1 Å². The van der Waals surface area contributed by atoms with Crippen molar-refractivity contribution in [2.75, 3.05) is 17.2 Å². The number of ether oxygens (including phenoxy) is 1. The van der Waals surface area contributed by atoms with E-state index >= 15 is 0 Å². The zero-order valence-electron chi connectivity index (χ0n) is 16.3. The highest BCUT2D eigenvalue weighted by Gasteiger charge is 2.35. The number of nitrogens with one attached hydrogen (secondary N) is 2. The van der Waals surface area contributed by atoms with Crippen molar-refractivity contribution < 1.29 is 17.9 Å². The van der Waals surface area contributed by atoms with Gasteiger partial charge in [-0.3, -0.25) is 0 Å².